The van der Waals surface area contributed by atoms with Crippen LogP contribution in [0.5, 0.6) is 0 Å². The van der Waals surface area contributed by atoms with Crippen LogP contribution in [-0.4, -0.2) is 85.7 Å². The predicted octanol–water partition coefficient (Wildman–Crippen LogP) is 1.14. The molecule has 1 aromatic carbocycles. The number of amides is 2. The highest BCUT2D eigenvalue weighted by molar-refractivity contribution is 6.10. The summed E-state index contributed by atoms with van der Waals surface area (Å²) in [5.74, 6) is -4.16. The number of Topliss-reactive ketones (excluding diaryl/α,β-unsaturated/α-hetero) is 1. The first-order valence-corrected chi connectivity index (χ1v) is 14.4. The van der Waals surface area contributed by atoms with Gasteiger partial charge < -0.3 is 40.0 Å². The van der Waals surface area contributed by atoms with Crippen molar-refractivity contribution in [2.75, 3.05) is 27.3 Å². The van der Waals surface area contributed by atoms with Gasteiger partial charge in [0, 0.05) is 36.6 Å². The second-order valence-electron chi connectivity index (χ2n) is 11.4. The van der Waals surface area contributed by atoms with Crippen molar-refractivity contribution >= 4 is 35.3 Å². The first-order chi connectivity index (χ1) is 20.4. The lowest BCUT2D eigenvalue weighted by atomic mass is 9.79. The summed E-state index contributed by atoms with van der Waals surface area (Å²) in [6, 6.07) is 5.44. The molecule has 3 aliphatic rings. The number of carbonyl (C=O) groups excluding carboxylic acids is 4. The van der Waals surface area contributed by atoms with Gasteiger partial charge in [-0.1, -0.05) is 24.3 Å². The maximum absolute atomic E-state index is 13.7. The molecule has 43 heavy (non-hydrogen) atoms. The topological polar surface area (TPSA) is 179 Å². The van der Waals surface area contributed by atoms with Crippen molar-refractivity contribution in [3.8, 4) is 0 Å². The molecule has 0 bridgehead atoms. The van der Waals surface area contributed by atoms with Gasteiger partial charge in [0.05, 0.1) is 12.6 Å². The van der Waals surface area contributed by atoms with Gasteiger partial charge in [-0.2, -0.15) is 0 Å². The fourth-order valence-corrected chi connectivity index (χ4v) is 5.42. The fraction of sp³-hybridized carbons (Fsp3) is 0.567. The Morgan fingerprint density at radius 2 is 1.79 bits per heavy atom. The highest BCUT2D eigenvalue weighted by Gasteiger charge is 2.56. The van der Waals surface area contributed by atoms with Gasteiger partial charge in [0.15, 0.2) is 0 Å². The number of hydrogen-bond donors (Lipinski definition) is 4. The lowest BCUT2D eigenvalue weighted by molar-refractivity contribution is -0.191. The third-order valence-corrected chi connectivity index (χ3v) is 7.79. The zero-order valence-corrected chi connectivity index (χ0v) is 24.8. The summed E-state index contributed by atoms with van der Waals surface area (Å²) >= 11 is 0. The van der Waals surface area contributed by atoms with Gasteiger partial charge in [0.25, 0.3) is 5.79 Å². The number of carbonyl (C=O) groups is 5. The van der Waals surface area contributed by atoms with E-state index in [0.717, 1.165) is 5.56 Å². The molecule has 1 spiro atoms. The van der Waals surface area contributed by atoms with E-state index in [4.69, 9.17) is 24.1 Å². The molecule has 13 nitrogen and oxygen atoms in total. The maximum atomic E-state index is 13.7. The number of likely N-dealkylation sites (N-methyl/N-ethyl adjacent to an activating group) is 2. The molecule has 0 saturated carbocycles. The van der Waals surface area contributed by atoms with Crippen molar-refractivity contribution in [2.24, 2.45) is 0 Å². The summed E-state index contributed by atoms with van der Waals surface area (Å²) in [5, 5.41) is 16.7. The Labute approximate surface area is 249 Å². The first kappa shape index (κ1) is 32.1. The number of hydrogen-bond acceptors (Lipinski definition) is 10. The number of esters is 1. The minimum Gasteiger partial charge on any atom is -0.487 e. The van der Waals surface area contributed by atoms with Crippen LogP contribution in [0.1, 0.15) is 63.5 Å². The van der Waals surface area contributed by atoms with Gasteiger partial charge in [-0.25, -0.2) is 0 Å². The van der Waals surface area contributed by atoms with E-state index in [2.05, 4.69) is 16.0 Å². The quantitative estimate of drug-likeness (QED) is 0.253. The zero-order valence-electron chi connectivity index (χ0n) is 24.8. The smallest absolute Gasteiger partial charge is 0.305 e. The summed E-state index contributed by atoms with van der Waals surface area (Å²) in [7, 11) is 2.92. The molecular formula is C30H39N3O10. The van der Waals surface area contributed by atoms with Crippen LogP contribution in [0.25, 0.3) is 5.76 Å². The fourth-order valence-electron chi connectivity index (χ4n) is 5.42. The maximum Gasteiger partial charge on any atom is 0.305 e. The first-order valence-electron chi connectivity index (χ1n) is 14.4. The summed E-state index contributed by atoms with van der Waals surface area (Å²) in [5.41, 5.74) is 1.39. The van der Waals surface area contributed by atoms with E-state index in [9.17, 15) is 24.0 Å². The van der Waals surface area contributed by atoms with E-state index < -0.39 is 53.3 Å². The van der Waals surface area contributed by atoms with Crippen LogP contribution in [0, 0.1) is 0 Å². The average molecular weight is 602 g/mol. The number of aliphatic carboxylic acids is 1. The molecule has 1 saturated heterocycles. The standard InChI is InChI=1S/C30H39N3O10/c1-29(2)14-13-19-25(43-29)18-7-5-6-8-20(18)30(26(19)37)41-16-17(42-30)15-40-24(36)12-10-21(31-3)28(39)33-22(27(38)32-4)9-11-23(34)35/h5-8,17,21-22,31H,9-16H2,1-4H3,(H,32,38)(H,33,39)(H,34,35). The Morgan fingerprint density at radius 1 is 1.07 bits per heavy atom. The predicted molar refractivity (Wildman–Crippen MR) is 151 cm³/mol. The van der Waals surface area contributed by atoms with Crippen LogP contribution in [0.4, 0.5) is 0 Å². The monoisotopic (exact) mass is 601 g/mol. The van der Waals surface area contributed by atoms with Crippen molar-refractivity contribution in [1.29, 1.82) is 0 Å². The minimum atomic E-state index is -1.64. The van der Waals surface area contributed by atoms with Crippen molar-refractivity contribution in [3.05, 3.63) is 41.0 Å². The number of benzene rings is 1. The largest absolute Gasteiger partial charge is 0.487 e. The second-order valence-corrected chi connectivity index (χ2v) is 11.4. The van der Waals surface area contributed by atoms with Crippen molar-refractivity contribution in [2.45, 2.75) is 81.9 Å². The Kier molecular flexibility index (Phi) is 9.88. The number of ether oxygens (including phenoxy) is 4. The van der Waals surface area contributed by atoms with Gasteiger partial charge in [0.1, 0.15) is 30.1 Å². The molecule has 2 heterocycles. The zero-order chi connectivity index (χ0) is 31.4. The van der Waals surface area contributed by atoms with Gasteiger partial charge in [-0.05, 0) is 46.6 Å². The van der Waals surface area contributed by atoms with Crippen LogP contribution in [0.2, 0.25) is 0 Å². The van der Waals surface area contributed by atoms with Gasteiger partial charge in [0.2, 0.25) is 17.6 Å². The Hall–Kier alpha value is -3.81. The number of fused-ring (bicyclic) bond motifs is 3. The van der Waals surface area contributed by atoms with Crippen LogP contribution in [-0.2, 0) is 48.7 Å². The van der Waals surface area contributed by atoms with E-state index in [1.54, 1.807) is 12.1 Å². The van der Waals surface area contributed by atoms with Crippen LogP contribution in [0.15, 0.2) is 29.8 Å². The molecule has 1 aliphatic carbocycles. The molecule has 0 radical (unpaired) electrons. The number of rotatable bonds is 12. The van der Waals surface area contributed by atoms with Gasteiger partial charge in [-0.3, -0.25) is 24.0 Å². The van der Waals surface area contributed by atoms with E-state index >= 15 is 0 Å². The average Bonchev–Trinajstić information content (AvgIpc) is 3.41. The van der Waals surface area contributed by atoms with E-state index in [1.807, 2.05) is 26.0 Å². The van der Waals surface area contributed by atoms with Crippen molar-refractivity contribution in [3.63, 3.8) is 0 Å². The molecule has 2 aliphatic heterocycles. The SMILES string of the molecule is CNC(=O)C(CCC(=O)O)NC(=O)C(CCC(=O)OCC1COC2(O1)C(=O)C1=C(OC(C)(C)CC1)c1ccccc12)NC. The molecule has 4 N–H and O–H groups in total. The summed E-state index contributed by atoms with van der Waals surface area (Å²) in [4.78, 5) is 62.0. The molecule has 0 aromatic heterocycles. The molecule has 4 rings (SSSR count). The Balaban J connectivity index is 1.33. The van der Waals surface area contributed by atoms with E-state index in [-0.39, 0.29) is 44.7 Å². The molecule has 1 fully saturated rings. The lowest BCUT2D eigenvalue weighted by Crippen LogP contribution is -2.52. The summed E-state index contributed by atoms with van der Waals surface area (Å²) < 4.78 is 23.8. The van der Waals surface area contributed by atoms with E-state index in [0.29, 0.717) is 29.7 Å². The Morgan fingerprint density at radius 3 is 2.49 bits per heavy atom. The highest BCUT2D eigenvalue weighted by atomic mass is 16.8. The molecule has 2 amide bonds. The van der Waals surface area contributed by atoms with Crippen molar-refractivity contribution < 1.29 is 48.0 Å². The van der Waals surface area contributed by atoms with Crippen molar-refractivity contribution in [1.82, 2.24) is 16.0 Å². The Bertz CT molecular complexity index is 1310. The van der Waals surface area contributed by atoms with Crippen LogP contribution >= 0.6 is 0 Å². The van der Waals surface area contributed by atoms with E-state index in [1.165, 1.54) is 14.1 Å². The van der Waals surface area contributed by atoms with Gasteiger partial charge in [-0.15, -0.1) is 0 Å². The molecule has 234 valence electrons. The lowest BCUT2D eigenvalue weighted by Gasteiger charge is -2.41. The number of carboxylic acid groups (broad SMARTS) is 1. The summed E-state index contributed by atoms with van der Waals surface area (Å²) in [6.07, 6.45) is 0.0416. The van der Waals surface area contributed by atoms with Gasteiger partial charge >= 0.3 is 11.9 Å². The second kappa shape index (κ2) is 13.2. The van der Waals surface area contributed by atoms with Crippen LogP contribution in [0.3, 0.4) is 0 Å². The molecule has 4 unspecified atom stereocenters. The summed E-state index contributed by atoms with van der Waals surface area (Å²) in [6.45, 7) is 3.84. The number of nitrogens with one attached hydrogen (secondary N) is 3. The highest BCUT2D eigenvalue weighted by Crippen LogP contribution is 2.50. The number of carboxylic acids is 1. The molecule has 4 atom stereocenters. The molecule has 13 heteroatoms. The van der Waals surface area contributed by atoms with Crippen LogP contribution < -0.4 is 16.0 Å². The number of ketones is 1. The molecular weight excluding hydrogens is 562 g/mol. The third-order valence-electron chi connectivity index (χ3n) is 7.79. The minimum absolute atomic E-state index is 0.0289. The third kappa shape index (κ3) is 7.06. The molecule has 1 aromatic rings. The normalized spacial score (nSPS) is 23.4.